The number of ether oxygens (including phenoxy) is 1. The van der Waals surface area contributed by atoms with Crippen LogP contribution in [0.25, 0.3) is 0 Å². The van der Waals surface area contributed by atoms with Crippen molar-refractivity contribution in [3.8, 4) is 5.75 Å². The minimum atomic E-state index is 0.153. The first kappa shape index (κ1) is 12.0. The van der Waals surface area contributed by atoms with E-state index in [1.165, 1.54) is 0 Å². The molecule has 1 rings (SSSR count). The van der Waals surface area contributed by atoms with Gasteiger partial charge in [-0.15, -0.1) is 0 Å². The molecule has 1 aromatic carbocycles. The van der Waals surface area contributed by atoms with Gasteiger partial charge in [-0.2, -0.15) is 0 Å². The fourth-order valence-electron chi connectivity index (χ4n) is 1.27. The molecule has 82 valence electrons. The third-order valence-electron chi connectivity index (χ3n) is 2.05. The van der Waals surface area contributed by atoms with Crippen LogP contribution in [0.5, 0.6) is 5.75 Å². The molecule has 0 atom stereocenters. The van der Waals surface area contributed by atoms with Crippen LogP contribution in [-0.4, -0.2) is 12.4 Å². The van der Waals surface area contributed by atoms with Crippen molar-refractivity contribution in [1.82, 2.24) is 0 Å². The number of halogens is 1. The Bertz CT molecular complexity index is 354. The smallest absolute Gasteiger partial charge is 0.119 e. The summed E-state index contributed by atoms with van der Waals surface area (Å²) >= 11 is 3.49. The van der Waals surface area contributed by atoms with Crippen LogP contribution >= 0.6 is 15.9 Å². The van der Waals surface area contributed by atoms with Crippen LogP contribution in [0.4, 0.5) is 0 Å². The van der Waals surface area contributed by atoms with Crippen LogP contribution in [0, 0.1) is 19.3 Å². The van der Waals surface area contributed by atoms with Crippen LogP contribution in [0.3, 0.4) is 0 Å². The van der Waals surface area contributed by atoms with E-state index in [0.717, 1.165) is 21.3 Å². The molecule has 15 heavy (non-hydrogen) atoms. The van der Waals surface area contributed by atoms with E-state index < -0.39 is 0 Å². The highest BCUT2D eigenvalue weighted by molar-refractivity contribution is 9.10. The number of hydrogen-bond acceptors (Lipinski definition) is 2. The van der Waals surface area contributed by atoms with Crippen molar-refractivity contribution >= 4 is 21.8 Å². The Morgan fingerprint density at radius 2 is 1.93 bits per heavy atom. The third-order valence-corrected chi connectivity index (χ3v) is 3.30. The third kappa shape index (κ3) is 3.55. The van der Waals surface area contributed by atoms with Crippen molar-refractivity contribution in [2.45, 2.75) is 20.3 Å². The van der Waals surface area contributed by atoms with Crippen LogP contribution in [0.15, 0.2) is 16.6 Å². The lowest BCUT2D eigenvalue weighted by molar-refractivity contribution is 0.328. The van der Waals surface area contributed by atoms with E-state index in [2.05, 4.69) is 15.9 Å². The zero-order valence-corrected chi connectivity index (χ0v) is 10.5. The van der Waals surface area contributed by atoms with Crippen LogP contribution in [-0.2, 0) is 0 Å². The number of nitrogens with two attached hydrogens (primary N) is 1. The average molecular weight is 271 g/mol. The topological polar surface area (TPSA) is 59.1 Å². The van der Waals surface area contributed by atoms with Gasteiger partial charge in [0.15, 0.2) is 0 Å². The molecule has 0 aliphatic heterocycles. The monoisotopic (exact) mass is 270 g/mol. The summed E-state index contributed by atoms with van der Waals surface area (Å²) in [4.78, 5) is 0. The Labute approximate surface area is 98.3 Å². The number of hydrogen-bond donors (Lipinski definition) is 2. The molecule has 0 aliphatic rings. The Morgan fingerprint density at radius 3 is 2.40 bits per heavy atom. The van der Waals surface area contributed by atoms with E-state index in [-0.39, 0.29) is 5.84 Å². The van der Waals surface area contributed by atoms with Crippen molar-refractivity contribution in [2.24, 2.45) is 5.73 Å². The van der Waals surface area contributed by atoms with Gasteiger partial charge in [0.1, 0.15) is 5.75 Å². The van der Waals surface area contributed by atoms with Crippen molar-refractivity contribution in [3.05, 3.63) is 27.7 Å². The van der Waals surface area contributed by atoms with Crippen molar-refractivity contribution in [1.29, 1.82) is 5.41 Å². The Hall–Kier alpha value is -1.03. The van der Waals surface area contributed by atoms with Gasteiger partial charge in [-0.1, -0.05) is 15.9 Å². The Kier molecular flexibility index (Phi) is 4.15. The van der Waals surface area contributed by atoms with Gasteiger partial charge in [-0.05, 0) is 37.1 Å². The fraction of sp³-hybridized carbons (Fsp3) is 0.364. The van der Waals surface area contributed by atoms with E-state index in [0.29, 0.717) is 13.0 Å². The molecule has 0 aromatic heterocycles. The first-order valence-electron chi connectivity index (χ1n) is 4.73. The second-order valence-corrected chi connectivity index (χ2v) is 4.29. The summed E-state index contributed by atoms with van der Waals surface area (Å²) in [7, 11) is 0. The summed E-state index contributed by atoms with van der Waals surface area (Å²) in [6.45, 7) is 4.50. The molecule has 0 saturated carbocycles. The number of amidine groups is 1. The van der Waals surface area contributed by atoms with Gasteiger partial charge in [0.2, 0.25) is 0 Å². The highest BCUT2D eigenvalue weighted by atomic mass is 79.9. The normalized spacial score (nSPS) is 10.1. The molecular weight excluding hydrogens is 256 g/mol. The molecule has 0 spiro atoms. The SMILES string of the molecule is Cc1cc(OCCC(=N)N)cc(C)c1Br. The lowest BCUT2D eigenvalue weighted by Crippen LogP contribution is -2.13. The quantitative estimate of drug-likeness (QED) is 0.653. The van der Waals surface area contributed by atoms with E-state index in [1.807, 2.05) is 26.0 Å². The highest BCUT2D eigenvalue weighted by Crippen LogP contribution is 2.26. The Morgan fingerprint density at radius 1 is 1.40 bits per heavy atom. The van der Waals surface area contributed by atoms with Crippen molar-refractivity contribution < 1.29 is 4.74 Å². The molecular formula is C11H15BrN2O. The average Bonchev–Trinajstić information content (AvgIpc) is 2.13. The molecule has 0 aliphatic carbocycles. The largest absolute Gasteiger partial charge is 0.493 e. The first-order chi connectivity index (χ1) is 7.00. The first-order valence-corrected chi connectivity index (χ1v) is 5.52. The molecule has 0 radical (unpaired) electrons. The zero-order valence-electron chi connectivity index (χ0n) is 8.93. The maximum atomic E-state index is 7.07. The number of rotatable bonds is 4. The van der Waals surface area contributed by atoms with Crippen LogP contribution in [0.1, 0.15) is 17.5 Å². The molecule has 0 saturated heterocycles. The number of benzene rings is 1. The van der Waals surface area contributed by atoms with Gasteiger partial charge in [0, 0.05) is 10.9 Å². The molecule has 0 heterocycles. The standard InChI is InChI=1S/C11H15BrN2O/c1-7-5-9(6-8(2)11(7)12)15-4-3-10(13)14/h5-6H,3-4H2,1-2H3,(H3,13,14). The summed E-state index contributed by atoms with van der Waals surface area (Å²) in [5.41, 5.74) is 7.53. The van der Waals surface area contributed by atoms with Gasteiger partial charge in [-0.3, -0.25) is 5.41 Å². The number of nitrogens with one attached hydrogen (secondary N) is 1. The summed E-state index contributed by atoms with van der Waals surface area (Å²) in [6, 6.07) is 3.94. The maximum Gasteiger partial charge on any atom is 0.119 e. The predicted octanol–water partition coefficient (Wildman–Crippen LogP) is 2.77. The molecule has 3 N–H and O–H groups in total. The molecule has 0 amide bonds. The van der Waals surface area contributed by atoms with E-state index >= 15 is 0 Å². The second-order valence-electron chi connectivity index (χ2n) is 3.49. The zero-order chi connectivity index (χ0) is 11.4. The van der Waals surface area contributed by atoms with Crippen molar-refractivity contribution in [3.63, 3.8) is 0 Å². The van der Waals surface area contributed by atoms with Crippen LogP contribution < -0.4 is 10.5 Å². The van der Waals surface area contributed by atoms with E-state index in [1.54, 1.807) is 0 Å². The number of aryl methyl sites for hydroxylation is 2. The Balaban J connectivity index is 2.66. The van der Waals surface area contributed by atoms with E-state index in [9.17, 15) is 0 Å². The molecule has 0 unspecified atom stereocenters. The molecule has 4 heteroatoms. The van der Waals surface area contributed by atoms with Gasteiger partial charge in [0.05, 0.1) is 12.4 Å². The van der Waals surface area contributed by atoms with Gasteiger partial charge < -0.3 is 10.5 Å². The maximum absolute atomic E-state index is 7.07. The predicted molar refractivity (Wildman–Crippen MR) is 65.6 cm³/mol. The summed E-state index contributed by atoms with van der Waals surface area (Å²) in [5, 5.41) is 7.07. The summed E-state index contributed by atoms with van der Waals surface area (Å²) in [5.74, 6) is 0.981. The van der Waals surface area contributed by atoms with E-state index in [4.69, 9.17) is 15.9 Å². The minimum Gasteiger partial charge on any atom is -0.493 e. The van der Waals surface area contributed by atoms with Gasteiger partial charge in [-0.25, -0.2) is 0 Å². The lowest BCUT2D eigenvalue weighted by Gasteiger charge is -2.09. The molecule has 3 nitrogen and oxygen atoms in total. The molecule has 0 bridgehead atoms. The summed E-state index contributed by atoms with van der Waals surface area (Å²) in [6.07, 6.45) is 0.466. The fourth-order valence-corrected chi connectivity index (χ4v) is 1.50. The van der Waals surface area contributed by atoms with Crippen LogP contribution in [0.2, 0.25) is 0 Å². The minimum absolute atomic E-state index is 0.153. The summed E-state index contributed by atoms with van der Waals surface area (Å²) < 4.78 is 6.60. The lowest BCUT2D eigenvalue weighted by atomic mass is 10.1. The van der Waals surface area contributed by atoms with Crippen molar-refractivity contribution in [2.75, 3.05) is 6.61 Å². The van der Waals surface area contributed by atoms with Gasteiger partial charge in [0.25, 0.3) is 0 Å². The highest BCUT2D eigenvalue weighted by Gasteiger charge is 2.03. The van der Waals surface area contributed by atoms with Gasteiger partial charge >= 0.3 is 0 Å². The molecule has 1 aromatic rings. The molecule has 0 fully saturated rings. The second kappa shape index (κ2) is 5.16.